The van der Waals surface area contributed by atoms with Gasteiger partial charge in [-0.2, -0.15) is 0 Å². The number of carboxylic acid groups (broad SMARTS) is 2. The van der Waals surface area contributed by atoms with Crippen LogP contribution in [0.2, 0.25) is 9.36 Å². The Morgan fingerprint density at radius 3 is 2.52 bits per heavy atom. The largest absolute Gasteiger partial charge is 0.504 e. The number of likely N-dealkylation sites (tertiary alicyclic amines) is 1. The van der Waals surface area contributed by atoms with Gasteiger partial charge in [0.25, 0.3) is 5.91 Å². The third-order valence-corrected chi connectivity index (χ3v) is 11.6. The Morgan fingerprint density at radius 1 is 1.20 bits per heavy atom. The summed E-state index contributed by atoms with van der Waals surface area (Å²) < 4.78 is 0.486. The van der Waals surface area contributed by atoms with E-state index in [1.807, 2.05) is 0 Å². The van der Waals surface area contributed by atoms with Crippen molar-refractivity contribution in [2.45, 2.75) is 37.7 Å². The van der Waals surface area contributed by atoms with Crippen molar-refractivity contribution < 1.29 is 53.7 Å². The number of anilines is 1. The van der Waals surface area contributed by atoms with Crippen molar-refractivity contribution in [3.8, 4) is 11.5 Å². The molecule has 2 aromatic rings. The summed E-state index contributed by atoms with van der Waals surface area (Å²) in [5, 5.41) is 44.5. The lowest BCUT2D eigenvalue weighted by molar-refractivity contribution is -0.911. The number of oxime groups is 1. The number of nitrogen functional groups attached to an aromatic ring is 1. The van der Waals surface area contributed by atoms with Gasteiger partial charge in [-0.1, -0.05) is 39.7 Å². The highest BCUT2D eigenvalue weighted by atomic mass is 35.5. The van der Waals surface area contributed by atoms with Gasteiger partial charge in [0.1, 0.15) is 22.3 Å². The first-order valence-corrected chi connectivity index (χ1v) is 17.9. The van der Waals surface area contributed by atoms with E-state index >= 15 is 0 Å². The predicted octanol–water partition coefficient (Wildman–Crippen LogP) is 2.51. The lowest BCUT2D eigenvalue weighted by atomic mass is 9.89. The Labute approximate surface area is 303 Å². The molecule has 1 aromatic heterocycles. The maximum Gasteiger partial charge on any atom is 0.352 e. The number of thioether (sulfide) groups is 1. The molecule has 2 saturated heterocycles. The second kappa shape index (κ2) is 15.0. The molecule has 2 amide bonds. The molecule has 2 fully saturated rings. The summed E-state index contributed by atoms with van der Waals surface area (Å²) in [5.74, 6) is -6.12. The molecule has 50 heavy (non-hydrogen) atoms. The second-order valence-corrected chi connectivity index (χ2v) is 15.1. The third-order valence-electron chi connectivity index (χ3n) is 8.76. The van der Waals surface area contributed by atoms with Gasteiger partial charge in [0, 0.05) is 30.6 Å². The van der Waals surface area contributed by atoms with Gasteiger partial charge in [-0.05, 0) is 19.1 Å². The number of nitrogens with two attached hydrogens (primary N) is 1. The number of carboxylic acids is 2. The zero-order valence-electron chi connectivity index (χ0n) is 26.4. The number of carbonyl (C=O) groups excluding carboxylic acids is 3. The Kier molecular flexibility index (Phi) is 11.2. The van der Waals surface area contributed by atoms with Crippen LogP contribution in [-0.4, -0.2) is 120 Å². The highest BCUT2D eigenvalue weighted by Gasteiger charge is 2.55. The predicted molar refractivity (Wildman–Crippen MR) is 183 cm³/mol. The van der Waals surface area contributed by atoms with Gasteiger partial charge in [0.05, 0.1) is 48.1 Å². The first-order chi connectivity index (χ1) is 23.6. The van der Waals surface area contributed by atoms with Crippen molar-refractivity contribution in [1.82, 2.24) is 15.2 Å². The van der Waals surface area contributed by atoms with Crippen LogP contribution >= 0.6 is 46.3 Å². The van der Waals surface area contributed by atoms with E-state index in [4.69, 9.17) is 38.9 Å². The number of nitrogens with one attached hydrogen (secondary N) is 1. The van der Waals surface area contributed by atoms with E-state index < -0.39 is 70.6 Å². The lowest BCUT2D eigenvalue weighted by Crippen LogP contribution is -2.63. The molecule has 3 aliphatic heterocycles. The van der Waals surface area contributed by atoms with Crippen LogP contribution in [0.15, 0.2) is 28.6 Å². The fourth-order valence-corrected chi connectivity index (χ4v) is 8.78. The molecule has 0 aliphatic carbocycles. The number of β-lactam (4-membered cyclic amide) rings is 1. The number of rotatable bonds is 14. The van der Waals surface area contributed by atoms with Crippen LogP contribution in [-0.2, 0) is 24.0 Å². The van der Waals surface area contributed by atoms with Gasteiger partial charge < -0.3 is 40.8 Å². The molecule has 0 unspecified atom stereocenters. The van der Waals surface area contributed by atoms with E-state index in [1.165, 1.54) is 29.7 Å². The lowest BCUT2D eigenvalue weighted by Gasteiger charge is -2.50. The zero-order valence-corrected chi connectivity index (χ0v) is 29.6. The number of nitrogens with zero attached hydrogens (tertiary/aromatic N) is 4. The summed E-state index contributed by atoms with van der Waals surface area (Å²) in [4.78, 5) is 73.9. The number of phenolic OH excluding ortho intramolecular Hbond substituents is 2. The molecule has 0 radical (unpaired) electrons. The molecule has 268 valence electrons. The van der Waals surface area contributed by atoms with Gasteiger partial charge in [-0.3, -0.25) is 19.3 Å². The number of fused-ring (bicyclic) bond motifs is 1. The van der Waals surface area contributed by atoms with E-state index in [9.17, 15) is 39.3 Å². The van der Waals surface area contributed by atoms with E-state index in [-0.39, 0.29) is 43.7 Å². The van der Waals surface area contributed by atoms with Crippen LogP contribution in [0.25, 0.3) is 0 Å². The molecule has 16 nitrogen and oxygen atoms in total. The smallest absolute Gasteiger partial charge is 0.352 e. The second-order valence-electron chi connectivity index (χ2n) is 12.0. The maximum atomic E-state index is 13.5. The summed E-state index contributed by atoms with van der Waals surface area (Å²) in [6, 6.07) is 2.45. The summed E-state index contributed by atoms with van der Waals surface area (Å²) in [5.41, 5.74) is 5.61. The molecular formula is C30H33Cl2N6O10S2+. The maximum absolute atomic E-state index is 13.5. The third kappa shape index (κ3) is 7.48. The van der Waals surface area contributed by atoms with E-state index in [0.29, 0.717) is 23.1 Å². The summed E-state index contributed by atoms with van der Waals surface area (Å²) in [6.45, 7) is 3.64. The van der Waals surface area contributed by atoms with Crippen LogP contribution in [0.5, 0.6) is 11.5 Å². The minimum Gasteiger partial charge on any atom is -0.504 e. The number of ketones is 1. The number of thiazole rings is 1. The molecular weight excluding hydrogens is 739 g/mol. The van der Waals surface area contributed by atoms with Crippen LogP contribution in [0.4, 0.5) is 5.13 Å². The van der Waals surface area contributed by atoms with Crippen molar-refractivity contribution in [1.29, 1.82) is 0 Å². The number of Topliss-reactive ketones (excluding diaryl/α,β-unsaturated/α-hetero) is 1. The normalized spacial score (nSPS) is 20.6. The number of aliphatic carboxylic acids is 2. The van der Waals surface area contributed by atoms with Crippen molar-refractivity contribution in [3.63, 3.8) is 0 Å². The number of hydrogen-bond acceptors (Lipinski definition) is 13. The Bertz CT molecular complexity index is 1810. The summed E-state index contributed by atoms with van der Waals surface area (Å²) in [7, 11) is 0. The number of aromatic hydroxyl groups is 2. The molecule has 0 saturated carbocycles. The number of phenols is 2. The standard InChI is InChI=1S/C30H32Cl2N6O10S2/c1-13(28(44)45)48-36-20(21-24(32)50-30(33)35-21)18(40)10-16-26(43)37-22(29(46)47)14(12-49-27(16)37)11-38(7-2-3-8-38)9-6-34-25(42)15-4-5-17(39)23(41)19(15)31/h4-5,13,16,27H,2-3,6-12H2,1H3,(H6-,33,34,35,36,39,40,41,42,44,45,46,47)/p+1/t13-,16+,27+/m0/s1. The molecule has 3 aliphatic rings. The van der Waals surface area contributed by atoms with Gasteiger partial charge in [0.2, 0.25) is 12.0 Å². The van der Waals surface area contributed by atoms with Crippen molar-refractivity contribution in [3.05, 3.63) is 44.0 Å². The average Bonchev–Trinajstić information content (AvgIpc) is 3.66. The molecule has 0 bridgehead atoms. The molecule has 1 aromatic carbocycles. The SMILES string of the molecule is C[C@H](O/N=C(\C(=O)C[C@@H]1C(=O)N2C(C(=O)O)=C(C[N+]3(CCNC(=O)c4ccc(O)c(O)c4Cl)CCCC3)CS[C@H]12)c1nc(N)sc1Cl)C(=O)O. The fraction of sp³-hybridized carbons (Fsp3) is 0.433. The monoisotopic (exact) mass is 771 g/mol. The molecule has 0 spiro atoms. The van der Waals surface area contributed by atoms with Gasteiger partial charge in [0.15, 0.2) is 28.1 Å². The first kappa shape index (κ1) is 37.2. The molecule has 7 N–H and O–H groups in total. The number of carbonyl (C=O) groups is 5. The van der Waals surface area contributed by atoms with Gasteiger partial charge in [-0.25, -0.2) is 14.6 Å². The molecule has 3 atom stereocenters. The van der Waals surface area contributed by atoms with Gasteiger partial charge >= 0.3 is 11.9 Å². The number of hydrogen-bond donors (Lipinski definition) is 6. The van der Waals surface area contributed by atoms with Crippen molar-refractivity contribution in [2.75, 3.05) is 44.2 Å². The number of amides is 2. The number of quaternary nitrogens is 1. The fourth-order valence-electron chi connectivity index (χ4n) is 6.21. The van der Waals surface area contributed by atoms with Crippen molar-refractivity contribution >= 4 is 86.7 Å². The average molecular weight is 773 g/mol. The van der Waals surface area contributed by atoms with Crippen LogP contribution < -0.4 is 11.1 Å². The number of aromatic nitrogens is 1. The van der Waals surface area contributed by atoms with Crippen molar-refractivity contribution in [2.24, 2.45) is 11.1 Å². The number of halogens is 2. The zero-order chi connectivity index (χ0) is 36.5. The number of benzene rings is 1. The Balaban J connectivity index is 1.30. The summed E-state index contributed by atoms with van der Waals surface area (Å²) in [6.07, 6.45) is -0.0294. The minimum absolute atomic E-state index is 0.00980. The highest BCUT2D eigenvalue weighted by molar-refractivity contribution is 8.00. The molecule has 20 heteroatoms. The highest BCUT2D eigenvalue weighted by Crippen LogP contribution is 2.46. The van der Waals surface area contributed by atoms with E-state index in [0.717, 1.165) is 43.3 Å². The minimum atomic E-state index is -1.41. The van der Waals surface area contributed by atoms with E-state index in [2.05, 4.69) is 15.5 Å². The van der Waals surface area contributed by atoms with Crippen LogP contribution in [0, 0.1) is 5.92 Å². The molecule has 5 rings (SSSR count). The molecule has 4 heterocycles. The Hall–Kier alpha value is -4.10. The van der Waals surface area contributed by atoms with Gasteiger partial charge in [-0.15, -0.1) is 11.8 Å². The van der Waals surface area contributed by atoms with Crippen LogP contribution in [0.3, 0.4) is 0 Å². The first-order valence-electron chi connectivity index (χ1n) is 15.3. The topological polar surface area (TPSA) is 242 Å². The van der Waals surface area contributed by atoms with Crippen LogP contribution in [0.1, 0.15) is 42.2 Å². The van der Waals surface area contributed by atoms with E-state index in [1.54, 1.807) is 0 Å². The quantitative estimate of drug-likeness (QED) is 0.0533. The Morgan fingerprint density at radius 2 is 1.90 bits per heavy atom. The summed E-state index contributed by atoms with van der Waals surface area (Å²) >= 11 is 14.4.